The maximum atomic E-state index is 12.3. The van der Waals surface area contributed by atoms with Gasteiger partial charge >= 0.3 is 0 Å². The molecule has 5 heteroatoms. The fourth-order valence-corrected chi connectivity index (χ4v) is 2.28. The number of aromatic nitrogens is 1. The quantitative estimate of drug-likeness (QED) is 0.805. The van der Waals surface area contributed by atoms with E-state index < -0.39 is 0 Å². The van der Waals surface area contributed by atoms with Crippen molar-refractivity contribution in [3.8, 4) is 5.75 Å². The normalized spacial score (nSPS) is 25.2. The Hall–Kier alpha value is -1.62. The zero-order valence-corrected chi connectivity index (χ0v) is 11.0. The molecule has 0 bridgehead atoms. The van der Waals surface area contributed by atoms with Crippen LogP contribution in [0.25, 0.3) is 0 Å². The monoisotopic (exact) mass is 249 g/mol. The molecule has 1 N–H and O–H groups in total. The molecule has 1 aliphatic heterocycles. The average Bonchev–Trinajstić information content (AvgIpc) is 2.35. The van der Waals surface area contributed by atoms with E-state index in [1.165, 1.54) is 12.3 Å². The molecule has 1 aromatic heterocycles. The molecule has 1 aliphatic rings. The van der Waals surface area contributed by atoms with E-state index in [-0.39, 0.29) is 17.4 Å². The molecular weight excluding hydrogens is 230 g/mol. The van der Waals surface area contributed by atoms with E-state index in [1.54, 1.807) is 11.0 Å². The standard InChI is InChI=1S/C13H19N3O2/c1-9-7-16(8-10(2)15(9)3)13(18)12-11(17)5-4-6-14-12/h4-6,9-10,17H,7-8H2,1-3H3. The molecule has 0 aliphatic carbocycles. The Morgan fingerprint density at radius 1 is 1.39 bits per heavy atom. The summed E-state index contributed by atoms with van der Waals surface area (Å²) >= 11 is 0. The van der Waals surface area contributed by atoms with Gasteiger partial charge in [-0.15, -0.1) is 0 Å². The first-order valence-corrected chi connectivity index (χ1v) is 6.16. The number of hydrogen-bond acceptors (Lipinski definition) is 4. The topological polar surface area (TPSA) is 56.7 Å². The van der Waals surface area contributed by atoms with Crippen molar-refractivity contribution in [2.24, 2.45) is 0 Å². The largest absolute Gasteiger partial charge is 0.505 e. The Bertz CT molecular complexity index is 438. The van der Waals surface area contributed by atoms with Crippen molar-refractivity contribution in [3.63, 3.8) is 0 Å². The first kappa shape index (κ1) is 12.8. The summed E-state index contributed by atoms with van der Waals surface area (Å²) in [4.78, 5) is 20.3. The van der Waals surface area contributed by atoms with E-state index in [0.717, 1.165) is 0 Å². The number of likely N-dealkylation sites (N-methyl/N-ethyl adjacent to an activating group) is 1. The molecular formula is C13H19N3O2. The minimum absolute atomic E-state index is 0.0539. The van der Waals surface area contributed by atoms with Gasteiger partial charge in [0.25, 0.3) is 5.91 Å². The molecule has 98 valence electrons. The second kappa shape index (κ2) is 4.94. The van der Waals surface area contributed by atoms with Gasteiger partial charge in [-0.25, -0.2) is 4.98 Å². The number of piperazine rings is 1. The van der Waals surface area contributed by atoms with E-state index in [2.05, 4.69) is 30.8 Å². The number of rotatable bonds is 1. The van der Waals surface area contributed by atoms with Crippen LogP contribution < -0.4 is 0 Å². The van der Waals surface area contributed by atoms with Crippen molar-refractivity contribution in [2.75, 3.05) is 20.1 Å². The van der Waals surface area contributed by atoms with Gasteiger partial charge in [0.2, 0.25) is 0 Å². The zero-order valence-electron chi connectivity index (χ0n) is 11.0. The van der Waals surface area contributed by atoms with Gasteiger partial charge in [0, 0.05) is 31.4 Å². The summed E-state index contributed by atoms with van der Waals surface area (Å²) in [6.45, 7) is 5.51. The van der Waals surface area contributed by atoms with Crippen LogP contribution in [0.15, 0.2) is 18.3 Å². The molecule has 0 spiro atoms. The third-order valence-electron chi connectivity index (χ3n) is 3.64. The summed E-state index contributed by atoms with van der Waals surface area (Å²) in [5, 5.41) is 9.67. The highest BCUT2D eigenvalue weighted by Gasteiger charge is 2.31. The molecule has 1 amide bonds. The Morgan fingerprint density at radius 2 is 2.00 bits per heavy atom. The maximum Gasteiger partial charge on any atom is 0.276 e. The number of pyridine rings is 1. The summed E-state index contributed by atoms with van der Waals surface area (Å²) < 4.78 is 0. The van der Waals surface area contributed by atoms with Crippen molar-refractivity contribution in [3.05, 3.63) is 24.0 Å². The highest BCUT2D eigenvalue weighted by atomic mass is 16.3. The molecule has 2 heterocycles. The first-order valence-electron chi connectivity index (χ1n) is 6.16. The van der Waals surface area contributed by atoms with Gasteiger partial charge in [-0.3, -0.25) is 9.69 Å². The van der Waals surface area contributed by atoms with Gasteiger partial charge in [0.05, 0.1) is 0 Å². The number of aromatic hydroxyl groups is 1. The van der Waals surface area contributed by atoms with Crippen molar-refractivity contribution in [1.29, 1.82) is 0 Å². The van der Waals surface area contributed by atoms with Crippen molar-refractivity contribution >= 4 is 5.91 Å². The molecule has 1 fully saturated rings. The molecule has 2 rings (SSSR count). The molecule has 0 saturated carbocycles. The Labute approximate surface area is 107 Å². The lowest BCUT2D eigenvalue weighted by atomic mass is 10.1. The van der Waals surface area contributed by atoms with Crippen molar-refractivity contribution in [2.45, 2.75) is 25.9 Å². The minimum atomic E-state index is -0.195. The number of nitrogens with zero attached hydrogens (tertiary/aromatic N) is 3. The number of carbonyl (C=O) groups excluding carboxylic acids is 1. The third-order valence-corrected chi connectivity index (χ3v) is 3.64. The minimum Gasteiger partial charge on any atom is -0.505 e. The molecule has 0 radical (unpaired) electrons. The highest BCUT2D eigenvalue weighted by molar-refractivity contribution is 5.94. The Kier molecular flexibility index (Phi) is 3.52. The molecule has 1 saturated heterocycles. The van der Waals surface area contributed by atoms with E-state index >= 15 is 0 Å². The smallest absolute Gasteiger partial charge is 0.276 e. The molecule has 0 aromatic carbocycles. The number of amides is 1. The Morgan fingerprint density at radius 3 is 2.56 bits per heavy atom. The summed E-state index contributed by atoms with van der Waals surface area (Å²) in [6, 6.07) is 3.72. The lowest BCUT2D eigenvalue weighted by Gasteiger charge is -2.42. The summed E-state index contributed by atoms with van der Waals surface area (Å²) in [5.41, 5.74) is 0.140. The van der Waals surface area contributed by atoms with Crippen LogP contribution in [0.5, 0.6) is 5.75 Å². The average molecular weight is 249 g/mol. The number of hydrogen-bond donors (Lipinski definition) is 1. The lowest BCUT2D eigenvalue weighted by Crippen LogP contribution is -2.56. The van der Waals surface area contributed by atoms with Crippen LogP contribution in [0.1, 0.15) is 24.3 Å². The van der Waals surface area contributed by atoms with Crippen LogP contribution in [0, 0.1) is 0 Å². The summed E-state index contributed by atoms with van der Waals surface area (Å²) in [7, 11) is 2.06. The first-order chi connectivity index (χ1) is 8.50. The van der Waals surface area contributed by atoms with Crippen LogP contribution in [-0.4, -0.2) is 58.0 Å². The SMILES string of the molecule is CC1CN(C(=O)c2ncccc2O)CC(C)N1C. The van der Waals surface area contributed by atoms with Gasteiger partial charge in [0.15, 0.2) is 5.69 Å². The summed E-state index contributed by atoms with van der Waals surface area (Å²) in [6.07, 6.45) is 1.52. The van der Waals surface area contributed by atoms with Crippen LogP contribution in [0.4, 0.5) is 0 Å². The van der Waals surface area contributed by atoms with Crippen LogP contribution in [0.3, 0.4) is 0 Å². The van der Waals surface area contributed by atoms with E-state index in [9.17, 15) is 9.90 Å². The fourth-order valence-electron chi connectivity index (χ4n) is 2.28. The van der Waals surface area contributed by atoms with Crippen LogP contribution in [-0.2, 0) is 0 Å². The molecule has 1 aromatic rings. The summed E-state index contributed by atoms with van der Waals surface area (Å²) in [5.74, 6) is -0.248. The van der Waals surface area contributed by atoms with E-state index in [1.807, 2.05) is 0 Å². The molecule has 2 atom stereocenters. The van der Waals surface area contributed by atoms with Gasteiger partial charge < -0.3 is 10.0 Å². The van der Waals surface area contributed by atoms with Gasteiger partial charge in [0.1, 0.15) is 5.75 Å². The van der Waals surface area contributed by atoms with Gasteiger partial charge in [-0.2, -0.15) is 0 Å². The van der Waals surface area contributed by atoms with Crippen LogP contribution in [0.2, 0.25) is 0 Å². The predicted octanol–water partition coefficient (Wildman–Crippen LogP) is 0.952. The highest BCUT2D eigenvalue weighted by Crippen LogP contribution is 2.19. The van der Waals surface area contributed by atoms with Crippen LogP contribution >= 0.6 is 0 Å². The second-order valence-corrected chi connectivity index (χ2v) is 4.94. The van der Waals surface area contributed by atoms with Gasteiger partial charge in [-0.1, -0.05) is 0 Å². The molecule has 2 unspecified atom stereocenters. The number of carbonyl (C=O) groups is 1. The second-order valence-electron chi connectivity index (χ2n) is 4.94. The van der Waals surface area contributed by atoms with E-state index in [0.29, 0.717) is 25.2 Å². The zero-order chi connectivity index (χ0) is 13.3. The third kappa shape index (κ3) is 2.31. The lowest BCUT2D eigenvalue weighted by molar-refractivity contribution is 0.0407. The maximum absolute atomic E-state index is 12.3. The predicted molar refractivity (Wildman–Crippen MR) is 68.5 cm³/mol. The fraction of sp³-hybridized carbons (Fsp3) is 0.538. The van der Waals surface area contributed by atoms with Crippen molar-refractivity contribution in [1.82, 2.24) is 14.8 Å². The van der Waals surface area contributed by atoms with Crippen molar-refractivity contribution < 1.29 is 9.90 Å². The molecule has 18 heavy (non-hydrogen) atoms. The molecule has 5 nitrogen and oxygen atoms in total. The Balaban J connectivity index is 2.18. The van der Waals surface area contributed by atoms with E-state index in [4.69, 9.17) is 0 Å². The van der Waals surface area contributed by atoms with Gasteiger partial charge in [-0.05, 0) is 33.0 Å².